The van der Waals surface area contributed by atoms with Gasteiger partial charge in [0, 0.05) is 19.4 Å². The molecule has 0 spiro atoms. The van der Waals surface area contributed by atoms with Crippen molar-refractivity contribution in [2.45, 2.75) is 83.6 Å². The molecule has 28 heavy (non-hydrogen) atoms. The summed E-state index contributed by atoms with van der Waals surface area (Å²) >= 11 is 0. The smallest absolute Gasteiger partial charge is 0.305 e. The van der Waals surface area contributed by atoms with Crippen molar-refractivity contribution in [3.8, 4) is 0 Å². The number of carbonyl (C=O) groups excluding carboxylic acids is 1. The number of guanidine groups is 1. The molecule has 0 aromatic rings. The lowest BCUT2D eigenvalue weighted by Crippen LogP contribution is -2.54. The van der Waals surface area contributed by atoms with Crippen molar-refractivity contribution in [2.75, 3.05) is 13.7 Å². The van der Waals surface area contributed by atoms with E-state index in [2.05, 4.69) is 12.2 Å². The molecule has 0 amide bonds. The minimum Gasteiger partial charge on any atom is -0.492 e. The Kier molecular flexibility index (Phi) is 10.9. The molecular weight excluding hydrogens is 362 g/mol. The number of ether oxygens (including phenoxy) is 3. The predicted molar refractivity (Wildman–Crippen MR) is 108 cm³/mol. The standard InChI is InChI=1S/C20H37N3O5/c1-5-6-7-8-9-10-17(25)27-12-16(24)19(26-4)18-14(3)15(23-20(21)22)11-13(2)28-18/h11,14-16,18-19,24H,5-10,12H2,1-4H3,(H4,21,22,23)/t14-,15+,16-,18-,19-/m1/s1. The van der Waals surface area contributed by atoms with Gasteiger partial charge in [0.05, 0.1) is 11.8 Å². The highest BCUT2D eigenvalue weighted by atomic mass is 16.6. The Hall–Kier alpha value is -1.80. The van der Waals surface area contributed by atoms with Crippen molar-refractivity contribution in [3.63, 3.8) is 0 Å². The van der Waals surface area contributed by atoms with E-state index in [0.29, 0.717) is 12.2 Å². The van der Waals surface area contributed by atoms with Gasteiger partial charge in [-0.15, -0.1) is 0 Å². The molecule has 0 radical (unpaired) electrons. The second kappa shape index (κ2) is 12.6. The molecule has 0 fully saturated rings. The maximum Gasteiger partial charge on any atom is 0.305 e. The fourth-order valence-corrected chi connectivity index (χ4v) is 3.42. The normalized spacial score (nSPS) is 23.9. The molecule has 162 valence electrons. The highest BCUT2D eigenvalue weighted by molar-refractivity contribution is 5.75. The molecule has 0 aromatic heterocycles. The third kappa shape index (κ3) is 8.06. The quantitative estimate of drug-likeness (QED) is 0.171. The number of nitrogens with two attached hydrogens (primary N) is 1. The van der Waals surface area contributed by atoms with Gasteiger partial charge in [-0.2, -0.15) is 0 Å². The zero-order valence-electron chi connectivity index (χ0n) is 17.6. The summed E-state index contributed by atoms with van der Waals surface area (Å²) in [6, 6.07) is -0.216. The van der Waals surface area contributed by atoms with E-state index in [9.17, 15) is 9.90 Å². The van der Waals surface area contributed by atoms with Gasteiger partial charge in [0.25, 0.3) is 0 Å². The lowest BCUT2D eigenvalue weighted by atomic mass is 9.87. The van der Waals surface area contributed by atoms with Crippen LogP contribution in [0.1, 0.15) is 59.3 Å². The Morgan fingerprint density at radius 1 is 1.39 bits per heavy atom. The van der Waals surface area contributed by atoms with Gasteiger partial charge in [0.15, 0.2) is 5.96 Å². The Morgan fingerprint density at radius 3 is 2.68 bits per heavy atom. The van der Waals surface area contributed by atoms with Crippen LogP contribution >= 0.6 is 0 Å². The van der Waals surface area contributed by atoms with E-state index in [1.54, 1.807) is 6.92 Å². The zero-order valence-corrected chi connectivity index (χ0v) is 17.6. The third-order valence-electron chi connectivity index (χ3n) is 5.02. The topological polar surface area (TPSA) is 127 Å². The van der Waals surface area contributed by atoms with Crippen LogP contribution in [0, 0.1) is 11.3 Å². The summed E-state index contributed by atoms with van der Waals surface area (Å²) in [5.74, 6) is 0.0841. The average molecular weight is 400 g/mol. The highest BCUT2D eigenvalue weighted by Crippen LogP contribution is 2.28. The monoisotopic (exact) mass is 399 g/mol. The number of aliphatic hydroxyl groups is 1. The second-order valence-electron chi connectivity index (χ2n) is 7.42. The van der Waals surface area contributed by atoms with Crippen molar-refractivity contribution in [2.24, 2.45) is 11.7 Å². The molecule has 8 nitrogen and oxygen atoms in total. The van der Waals surface area contributed by atoms with Gasteiger partial charge >= 0.3 is 5.97 Å². The van der Waals surface area contributed by atoms with Crippen molar-refractivity contribution < 1.29 is 24.1 Å². The van der Waals surface area contributed by atoms with Crippen LogP contribution in [0.4, 0.5) is 0 Å². The SMILES string of the molecule is CCCCCCCC(=O)OC[C@@H](O)[C@@H](OC)[C@@H]1OC(C)=C[C@H](NC(=N)N)[C@H]1C. The van der Waals surface area contributed by atoms with E-state index in [1.807, 2.05) is 13.0 Å². The predicted octanol–water partition coefficient (Wildman–Crippen LogP) is 2.06. The zero-order chi connectivity index (χ0) is 21.1. The van der Waals surface area contributed by atoms with Crippen LogP contribution in [0.15, 0.2) is 11.8 Å². The highest BCUT2D eigenvalue weighted by Gasteiger charge is 2.40. The van der Waals surface area contributed by atoms with Crippen molar-refractivity contribution in [3.05, 3.63) is 11.8 Å². The minimum absolute atomic E-state index is 0.124. The van der Waals surface area contributed by atoms with E-state index < -0.39 is 18.3 Å². The van der Waals surface area contributed by atoms with Crippen molar-refractivity contribution >= 4 is 11.9 Å². The number of aliphatic hydroxyl groups excluding tert-OH is 1. The first-order valence-electron chi connectivity index (χ1n) is 10.1. The first kappa shape index (κ1) is 24.2. The number of esters is 1. The fraction of sp³-hybridized carbons (Fsp3) is 0.800. The summed E-state index contributed by atoms with van der Waals surface area (Å²) in [6.45, 7) is 5.72. The van der Waals surface area contributed by atoms with Crippen molar-refractivity contribution in [1.82, 2.24) is 5.32 Å². The van der Waals surface area contributed by atoms with E-state index in [4.69, 9.17) is 25.4 Å². The third-order valence-corrected chi connectivity index (χ3v) is 5.02. The van der Waals surface area contributed by atoms with E-state index in [0.717, 1.165) is 25.7 Å². The molecule has 8 heteroatoms. The van der Waals surface area contributed by atoms with Gasteiger partial charge in [-0.25, -0.2) is 0 Å². The number of hydrogen-bond donors (Lipinski definition) is 4. The number of hydrogen-bond acceptors (Lipinski definition) is 6. The van der Waals surface area contributed by atoms with Gasteiger partial charge in [0.1, 0.15) is 24.9 Å². The molecular formula is C20H37N3O5. The van der Waals surface area contributed by atoms with E-state index in [-0.39, 0.29) is 30.5 Å². The fourth-order valence-electron chi connectivity index (χ4n) is 3.42. The largest absolute Gasteiger partial charge is 0.492 e. The summed E-state index contributed by atoms with van der Waals surface area (Å²) in [7, 11) is 1.49. The summed E-state index contributed by atoms with van der Waals surface area (Å²) < 4.78 is 16.6. The molecule has 1 heterocycles. The molecule has 1 aliphatic heterocycles. The maximum absolute atomic E-state index is 11.9. The number of nitrogens with one attached hydrogen (secondary N) is 2. The van der Waals surface area contributed by atoms with Crippen LogP contribution in [-0.2, 0) is 19.0 Å². The summed E-state index contributed by atoms with van der Waals surface area (Å²) in [6.07, 6.45) is 5.29. The van der Waals surface area contributed by atoms with Gasteiger partial charge in [0.2, 0.25) is 0 Å². The van der Waals surface area contributed by atoms with E-state index >= 15 is 0 Å². The number of methoxy groups -OCH3 is 1. The minimum atomic E-state index is -1.02. The number of carbonyl (C=O) groups is 1. The first-order valence-corrected chi connectivity index (χ1v) is 10.1. The lowest BCUT2D eigenvalue weighted by molar-refractivity contribution is -0.157. The Balaban J connectivity index is 2.55. The summed E-state index contributed by atoms with van der Waals surface area (Å²) in [5.41, 5.74) is 5.46. The van der Waals surface area contributed by atoms with Crippen LogP contribution in [0.25, 0.3) is 0 Å². The van der Waals surface area contributed by atoms with Crippen molar-refractivity contribution in [1.29, 1.82) is 5.41 Å². The van der Waals surface area contributed by atoms with Crippen LogP contribution in [0.3, 0.4) is 0 Å². The number of unbranched alkanes of at least 4 members (excludes halogenated alkanes) is 4. The number of rotatable bonds is 12. The van der Waals surface area contributed by atoms with Crippen LogP contribution < -0.4 is 11.1 Å². The molecule has 0 bridgehead atoms. The van der Waals surface area contributed by atoms with Gasteiger partial charge < -0.3 is 30.4 Å². The molecule has 0 aliphatic carbocycles. The molecule has 5 atom stereocenters. The molecule has 5 N–H and O–H groups in total. The molecule has 0 saturated carbocycles. The Bertz CT molecular complexity index is 526. The molecule has 0 unspecified atom stereocenters. The summed E-state index contributed by atoms with van der Waals surface area (Å²) in [4.78, 5) is 11.9. The average Bonchev–Trinajstić information content (AvgIpc) is 2.63. The molecule has 0 saturated heterocycles. The first-order chi connectivity index (χ1) is 13.3. The molecule has 0 aromatic carbocycles. The summed E-state index contributed by atoms with van der Waals surface area (Å²) in [5, 5.41) is 20.9. The Morgan fingerprint density at radius 2 is 2.07 bits per heavy atom. The molecule has 1 aliphatic rings. The van der Waals surface area contributed by atoms with Gasteiger partial charge in [-0.1, -0.05) is 39.5 Å². The van der Waals surface area contributed by atoms with Crippen LogP contribution in [0.2, 0.25) is 0 Å². The van der Waals surface area contributed by atoms with Gasteiger partial charge in [-0.3, -0.25) is 10.2 Å². The molecule has 1 rings (SSSR count). The van der Waals surface area contributed by atoms with Crippen LogP contribution in [-0.4, -0.2) is 55.1 Å². The van der Waals surface area contributed by atoms with E-state index in [1.165, 1.54) is 13.5 Å². The number of allylic oxidation sites excluding steroid dienone is 1. The maximum atomic E-state index is 11.9. The second-order valence-corrected chi connectivity index (χ2v) is 7.42. The lowest BCUT2D eigenvalue weighted by Gasteiger charge is -2.40. The van der Waals surface area contributed by atoms with Gasteiger partial charge in [-0.05, 0) is 19.4 Å². The Labute approximate surface area is 168 Å². The van der Waals surface area contributed by atoms with Crippen LogP contribution in [0.5, 0.6) is 0 Å².